The minimum atomic E-state index is -4.08. The first-order valence-corrected chi connectivity index (χ1v) is 4.90. The van der Waals surface area contributed by atoms with Crippen LogP contribution in [0.3, 0.4) is 0 Å². The third-order valence-electron chi connectivity index (χ3n) is 1.88. The van der Waals surface area contributed by atoms with Gasteiger partial charge in [0.25, 0.3) is 0 Å². The highest BCUT2D eigenvalue weighted by molar-refractivity contribution is 4.76. The maximum Gasteiger partial charge on any atom is 0.390 e. The van der Waals surface area contributed by atoms with Crippen molar-refractivity contribution in [1.29, 1.82) is 0 Å². The van der Waals surface area contributed by atoms with Gasteiger partial charge >= 0.3 is 6.18 Å². The van der Waals surface area contributed by atoms with Crippen LogP contribution < -0.4 is 5.32 Å². The summed E-state index contributed by atoms with van der Waals surface area (Å²) in [5, 5.41) is 2.89. The Hall–Kier alpha value is -0.510. The summed E-state index contributed by atoms with van der Waals surface area (Å²) in [7, 11) is 0. The van der Waals surface area contributed by atoms with E-state index in [1.807, 2.05) is 6.92 Å². The molecule has 0 aromatic rings. The molecule has 0 fully saturated rings. The largest absolute Gasteiger partial charge is 0.390 e. The summed E-state index contributed by atoms with van der Waals surface area (Å²) in [4.78, 5) is 0. The van der Waals surface area contributed by atoms with Crippen molar-refractivity contribution in [2.75, 3.05) is 6.54 Å². The highest BCUT2D eigenvalue weighted by Crippen LogP contribution is 2.23. The predicted molar refractivity (Wildman–Crippen MR) is 52.2 cm³/mol. The zero-order chi connectivity index (χ0) is 11.0. The Balaban J connectivity index is 3.89. The van der Waals surface area contributed by atoms with Crippen molar-refractivity contribution in [3.8, 4) is 0 Å². The zero-order valence-corrected chi connectivity index (χ0v) is 8.53. The summed E-state index contributed by atoms with van der Waals surface area (Å²) in [6.45, 7) is 6.07. The van der Waals surface area contributed by atoms with Crippen LogP contribution in [0.15, 0.2) is 12.7 Å². The lowest BCUT2D eigenvalue weighted by molar-refractivity contribution is -0.140. The second kappa shape index (κ2) is 6.87. The van der Waals surface area contributed by atoms with Crippen LogP contribution in [0.4, 0.5) is 13.2 Å². The van der Waals surface area contributed by atoms with Crippen LogP contribution in [-0.2, 0) is 0 Å². The molecule has 0 aliphatic rings. The smallest absolute Gasteiger partial charge is 0.314 e. The number of hydrogen-bond donors (Lipinski definition) is 1. The summed E-state index contributed by atoms with van der Waals surface area (Å²) in [5.41, 5.74) is 0. The Bertz CT molecular complexity index is 154. The quantitative estimate of drug-likeness (QED) is 0.634. The van der Waals surface area contributed by atoms with Crippen LogP contribution in [0.25, 0.3) is 0 Å². The molecule has 0 aromatic heterocycles. The second-order valence-corrected chi connectivity index (χ2v) is 3.34. The first kappa shape index (κ1) is 13.5. The van der Waals surface area contributed by atoms with Crippen molar-refractivity contribution < 1.29 is 13.2 Å². The van der Waals surface area contributed by atoms with Gasteiger partial charge in [-0.3, -0.25) is 0 Å². The number of rotatable bonds is 7. The lowest BCUT2D eigenvalue weighted by Gasteiger charge is -2.19. The fraction of sp³-hybridized carbons (Fsp3) is 0.800. The Morgan fingerprint density at radius 1 is 1.43 bits per heavy atom. The molecule has 0 aromatic carbocycles. The van der Waals surface area contributed by atoms with E-state index in [4.69, 9.17) is 0 Å². The molecule has 1 N–H and O–H groups in total. The molecule has 0 heterocycles. The van der Waals surface area contributed by atoms with E-state index in [0.717, 1.165) is 6.42 Å². The molecule has 0 bridgehead atoms. The van der Waals surface area contributed by atoms with Gasteiger partial charge in [0.15, 0.2) is 0 Å². The number of halogens is 3. The Labute approximate surface area is 83.4 Å². The molecule has 0 aliphatic carbocycles. The monoisotopic (exact) mass is 209 g/mol. The third-order valence-corrected chi connectivity index (χ3v) is 1.88. The molecule has 4 heteroatoms. The van der Waals surface area contributed by atoms with E-state index < -0.39 is 18.6 Å². The fourth-order valence-electron chi connectivity index (χ4n) is 1.22. The molecular formula is C10H18F3N. The van der Waals surface area contributed by atoms with Gasteiger partial charge in [-0.15, -0.1) is 6.58 Å². The van der Waals surface area contributed by atoms with Crippen LogP contribution in [0.5, 0.6) is 0 Å². The summed E-state index contributed by atoms with van der Waals surface area (Å²) in [6.07, 6.45) is -1.20. The molecule has 0 amide bonds. The summed E-state index contributed by atoms with van der Waals surface area (Å²) in [5.74, 6) is 0. The van der Waals surface area contributed by atoms with Gasteiger partial charge in [0.05, 0.1) is 6.42 Å². The van der Waals surface area contributed by atoms with Crippen LogP contribution >= 0.6 is 0 Å². The summed E-state index contributed by atoms with van der Waals surface area (Å²) < 4.78 is 36.3. The van der Waals surface area contributed by atoms with E-state index in [-0.39, 0.29) is 0 Å². The van der Waals surface area contributed by atoms with E-state index in [9.17, 15) is 13.2 Å². The molecule has 0 saturated heterocycles. The van der Waals surface area contributed by atoms with Gasteiger partial charge in [0.1, 0.15) is 0 Å². The first-order valence-electron chi connectivity index (χ1n) is 4.90. The second-order valence-electron chi connectivity index (χ2n) is 3.34. The van der Waals surface area contributed by atoms with E-state index in [2.05, 4.69) is 11.9 Å². The Morgan fingerprint density at radius 3 is 2.50 bits per heavy atom. The lowest BCUT2D eigenvalue weighted by Crippen LogP contribution is -2.34. The molecule has 0 radical (unpaired) electrons. The fourth-order valence-corrected chi connectivity index (χ4v) is 1.22. The van der Waals surface area contributed by atoms with Gasteiger partial charge in [-0.05, 0) is 25.8 Å². The van der Waals surface area contributed by atoms with Crippen molar-refractivity contribution in [2.45, 2.75) is 44.8 Å². The predicted octanol–water partition coefficient (Wildman–Crippen LogP) is 3.27. The van der Waals surface area contributed by atoms with Crippen LogP contribution in [0, 0.1) is 0 Å². The minimum Gasteiger partial charge on any atom is -0.314 e. The average Bonchev–Trinajstić information content (AvgIpc) is 2.07. The van der Waals surface area contributed by atoms with Gasteiger partial charge in [-0.1, -0.05) is 13.0 Å². The molecule has 84 valence electrons. The van der Waals surface area contributed by atoms with Gasteiger partial charge in [0, 0.05) is 6.04 Å². The Morgan fingerprint density at radius 2 is 2.07 bits per heavy atom. The van der Waals surface area contributed by atoms with Crippen molar-refractivity contribution >= 4 is 0 Å². The maximum atomic E-state index is 12.1. The van der Waals surface area contributed by atoms with Crippen molar-refractivity contribution in [3.05, 3.63) is 12.7 Å². The normalized spacial score (nSPS) is 14.0. The van der Waals surface area contributed by atoms with Gasteiger partial charge in [-0.25, -0.2) is 0 Å². The van der Waals surface area contributed by atoms with Crippen molar-refractivity contribution in [3.63, 3.8) is 0 Å². The van der Waals surface area contributed by atoms with Crippen molar-refractivity contribution in [2.24, 2.45) is 0 Å². The third kappa shape index (κ3) is 8.10. The number of hydrogen-bond acceptors (Lipinski definition) is 1. The maximum absolute atomic E-state index is 12.1. The van der Waals surface area contributed by atoms with Gasteiger partial charge < -0.3 is 5.32 Å². The number of nitrogens with one attached hydrogen (secondary N) is 1. The molecular weight excluding hydrogens is 191 g/mol. The van der Waals surface area contributed by atoms with Crippen molar-refractivity contribution in [1.82, 2.24) is 5.32 Å². The summed E-state index contributed by atoms with van der Waals surface area (Å²) in [6, 6.07) is -0.465. The molecule has 0 rings (SSSR count). The molecule has 1 atom stereocenters. The topological polar surface area (TPSA) is 12.0 Å². The lowest BCUT2D eigenvalue weighted by atomic mass is 10.1. The van der Waals surface area contributed by atoms with Crippen LogP contribution in [-0.4, -0.2) is 18.8 Å². The molecule has 0 aliphatic heterocycles. The molecule has 0 spiro atoms. The molecule has 14 heavy (non-hydrogen) atoms. The zero-order valence-electron chi connectivity index (χ0n) is 8.53. The molecule has 1 unspecified atom stereocenters. The standard InChI is InChI=1S/C10H18F3N/c1-3-5-6-9(14-7-4-2)8-10(11,12)13/h3,9,14H,1,4-8H2,2H3. The average molecular weight is 209 g/mol. The van der Waals surface area contributed by atoms with Crippen LogP contribution in [0.1, 0.15) is 32.6 Å². The van der Waals surface area contributed by atoms with E-state index in [1.54, 1.807) is 6.08 Å². The number of alkyl halides is 3. The van der Waals surface area contributed by atoms with E-state index in [1.165, 1.54) is 0 Å². The highest BCUT2D eigenvalue weighted by atomic mass is 19.4. The number of allylic oxidation sites excluding steroid dienone is 1. The van der Waals surface area contributed by atoms with Crippen LogP contribution in [0.2, 0.25) is 0 Å². The minimum absolute atomic E-state index is 0.465. The summed E-state index contributed by atoms with van der Waals surface area (Å²) >= 11 is 0. The SMILES string of the molecule is C=CCCC(CC(F)(F)F)NCCC. The van der Waals surface area contributed by atoms with E-state index in [0.29, 0.717) is 19.4 Å². The van der Waals surface area contributed by atoms with Gasteiger partial charge in [-0.2, -0.15) is 13.2 Å². The Kier molecular flexibility index (Phi) is 6.62. The van der Waals surface area contributed by atoms with E-state index >= 15 is 0 Å². The van der Waals surface area contributed by atoms with Gasteiger partial charge in [0.2, 0.25) is 0 Å². The first-order chi connectivity index (χ1) is 6.49. The molecule has 1 nitrogen and oxygen atoms in total. The molecule has 0 saturated carbocycles. The highest BCUT2D eigenvalue weighted by Gasteiger charge is 2.31.